The van der Waals surface area contributed by atoms with E-state index in [1.165, 1.54) is 30.3 Å². The molecule has 2 rings (SSSR count). The summed E-state index contributed by atoms with van der Waals surface area (Å²) in [5, 5.41) is 12.5. The van der Waals surface area contributed by atoms with Crippen LogP contribution >= 0.6 is 0 Å². The number of aryl methyl sites for hydroxylation is 1. The van der Waals surface area contributed by atoms with E-state index in [0.717, 1.165) is 6.07 Å². The summed E-state index contributed by atoms with van der Waals surface area (Å²) in [7, 11) is 0. The summed E-state index contributed by atoms with van der Waals surface area (Å²) in [6.45, 7) is 0.660. The van der Waals surface area contributed by atoms with Gasteiger partial charge in [0, 0.05) is 6.42 Å². The number of aliphatic hydroxyl groups excluding tert-OH is 1. The first-order valence-electron chi connectivity index (χ1n) is 7.48. The first-order chi connectivity index (χ1) is 11.4. The van der Waals surface area contributed by atoms with Crippen molar-refractivity contribution in [2.24, 2.45) is 0 Å². The van der Waals surface area contributed by atoms with Gasteiger partial charge in [-0.05, 0) is 36.2 Å². The smallest absolute Gasteiger partial charge is 0.254 e. The second-order valence-corrected chi connectivity index (χ2v) is 5.56. The quantitative estimate of drug-likeness (QED) is 0.848. The van der Waals surface area contributed by atoms with Gasteiger partial charge >= 0.3 is 0 Å². The number of hydrogen-bond donors (Lipinski definition) is 2. The van der Waals surface area contributed by atoms with Crippen LogP contribution in [-0.4, -0.2) is 23.7 Å². The van der Waals surface area contributed by atoms with E-state index in [-0.39, 0.29) is 12.0 Å². The van der Waals surface area contributed by atoms with Crippen molar-refractivity contribution in [2.45, 2.75) is 25.5 Å². The van der Waals surface area contributed by atoms with Crippen molar-refractivity contribution < 1.29 is 23.1 Å². The Morgan fingerprint density at radius 2 is 1.83 bits per heavy atom. The minimum atomic E-state index is -1.08. The number of nitrogens with one attached hydrogen (secondary N) is 1. The zero-order valence-electron chi connectivity index (χ0n) is 13.1. The van der Waals surface area contributed by atoms with Gasteiger partial charge in [-0.2, -0.15) is 0 Å². The molecular formula is C18H18F3NO2. The van der Waals surface area contributed by atoms with Crippen LogP contribution in [0.5, 0.6) is 0 Å². The molecule has 0 heterocycles. The molecule has 0 aromatic heterocycles. The average molecular weight is 337 g/mol. The molecule has 0 saturated heterocycles. The van der Waals surface area contributed by atoms with Crippen LogP contribution in [-0.2, 0) is 0 Å². The average Bonchev–Trinajstić information content (AvgIpc) is 2.54. The third kappa shape index (κ3) is 4.35. The summed E-state index contributed by atoms with van der Waals surface area (Å²) < 4.78 is 39.9. The first-order valence-corrected chi connectivity index (χ1v) is 7.48. The highest BCUT2D eigenvalue weighted by Gasteiger charge is 2.21. The van der Waals surface area contributed by atoms with Crippen molar-refractivity contribution in [1.29, 1.82) is 0 Å². The van der Waals surface area contributed by atoms with Gasteiger partial charge in [-0.1, -0.05) is 24.3 Å². The topological polar surface area (TPSA) is 49.3 Å². The lowest BCUT2D eigenvalue weighted by Crippen LogP contribution is -2.38. The molecule has 0 saturated carbocycles. The van der Waals surface area contributed by atoms with Gasteiger partial charge in [0.2, 0.25) is 0 Å². The van der Waals surface area contributed by atoms with Crippen molar-refractivity contribution >= 4 is 5.91 Å². The number of alkyl halides is 1. The van der Waals surface area contributed by atoms with Crippen molar-refractivity contribution in [2.75, 3.05) is 6.67 Å². The molecule has 0 fully saturated rings. The Hall–Kier alpha value is -2.34. The van der Waals surface area contributed by atoms with Gasteiger partial charge in [-0.25, -0.2) is 13.2 Å². The maximum absolute atomic E-state index is 13.8. The van der Waals surface area contributed by atoms with Crippen LogP contribution in [0, 0.1) is 18.6 Å². The highest BCUT2D eigenvalue weighted by molar-refractivity contribution is 5.96. The summed E-state index contributed by atoms with van der Waals surface area (Å²) in [5.74, 6) is -1.87. The molecule has 3 nitrogen and oxygen atoms in total. The predicted octanol–water partition coefficient (Wildman–Crippen LogP) is 3.46. The lowest BCUT2D eigenvalue weighted by atomic mass is 10.0. The van der Waals surface area contributed by atoms with E-state index in [9.17, 15) is 23.1 Å². The zero-order valence-corrected chi connectivity index (χ0v) is 13.1. The largest absolute Gasteiger partial charge is 0.388 e. The number of benzene rings is 2. The summed E-state index contributed by atoms with van der Waals surface area (Å²) in [5.41, 5.74) is 0.697. The number of rotatable bonds is 6. The molecule has 0 radical (unpaired) electrons. The van der Waals surface area contributed by atoms with Gasteiger partial charge in [-0.3, -0.25) is 4.79 Å². The molecule has 128 valence electrons. The second-order valence-electron chi connectivity index (χ2n) is 5.56. The SMILES string of the molecule is Cc1cccc(F)c1C(=O)NC(CF)CC(O)c1ccc(F)cc1. The second kappa shape index (κ2) is 7.97. The molecule has 6 heteroatoms. The van der Waals surface area contributed by atoms with Crippen molar-refractivity contribution in [3.05, 3.63) is 70.8 Å². The van der Waals surface area contributed by atoms with E-state index >= 15 is 0 Å². The number of halogens is 3. The minimum Gasteiger partial charge on any atom is -0.388 e. The molecule has 0 aliphatic heterocycles. The molecule has 0 aliphatic carbocycles. The Kier molecular flexibility index (Phi) is 5.98. The third-order valence-corrected chi connectivity index (χ3v) is 3.73. The normalized spacial score (nSPS) is 13.4. The molecule has 2 aromatic rings. The summed E-state index contributed by atoms with van der Waals surface area (Å²) in [4.78, 5) is 12.2. The molecule has 2 aromatic carbocycles. The van der Waals surface area contributed by atoms with E-state index in [1.807, 2.05) is 0 Å². The van der Waals surface area contributed by atoms with E-state index in [4.69, 9.17) is 0 Å². The molecule has 24 heavy (non-hydrogen) atoms. The van der Waals surface area contributed by atoms with Gasteiger partial charge in [0.25, 0.3) is 5.91 Å². The standard InChI is InChI=1S/C18H18F3NO2/c1-11-3-2-4-15(21)17(11)18(24)22-14(10-19)9-16(23)12-5-7-13(20)8-6-12/h2-8,14,16,23H,9-10H2,1H3,(H,22,24). The van der Waals surface area contributed by atoms with E-state index in [2.05, 4.69) is 5.32 Å². The number of hydrogen-bond acceptors (Lipinski definition) is 2. The Balaban J connectivity index is 2.06. The van der Waals surface area contributed by atoms with Gasteiger partial charge < -0.3 is 10.4 Å². The number of amides is 1. The minimum absolute atomic E-state index is 0.110. The number of aliphatic hydroxyl groups is 1. The van der Waals surface area contributed by atoms with Crippen LogP contribution in [0.1, 0.15) is 34.0 Å². The lowest BCUT2D eigenvalue weighted by molar-refractivity contribution is 0.0891. The van der Waals surface area contributed by atoms with E-state index < -0.39 is 36.4 Å². The zero-order chi connectivity index (χ0) is 17.7. The molecular weight excluding hydrogens is 319 g/mol. The Labute approximate surface area is 138 Å². The lowest BCUT2D eigenvalue weighted by Gasteiger charge is -2.20. The molecule has 2 unspecified atom stereocenters. The Bertz CT molecular complexity index is 684. The number of carbonyl (C=O) groups is 1. The van der Waals surface area contributed by atoms with Crippen LogP contribution in [0.2, 0.25) is 0 Å². The maximum atomic E-state index is 13.8. The Morgan fingerprint density at radius 3 is 2.42 bits per heavy atom. The van der Waals surface area contributed by atoms with Crippen molar-refractivity contribution in [3.63, 3.8) is 0 Å². The Morgan fingerprint density at radius 1 is 1.17 bits per heavy atom. The monoisotopic (exact) mass is 337 g/mol. The van der Waals surface area contributed by atoms with Gasteiger partial charge in [0.15, 0.2) is 0 Å². The fourth-order valence-electron chi connectivity index (χ4n) is 2.43. The van der Waals surface area contributed by atoms with Crippen LogP contribution in [0.4, 0.5) is 13.2 Å². The molecule has 2 atom stereocenters. The number of carbonyl (C=O) groups excluding carboxylic acids is 1. The first kappa shape index (κ1) is 18.0. The fourth-order valence-corrected chi connectivity index (χ4v) is 2.43. The van der Waals surface area contributed by atoms with Crippen LogP contribution < -0.4 is 5.32 Å². The van der Waals surface area contributed by atoms with Gasteiger partial charge in [0.05, 0.1) is 17.7 Å². The highest BCUT2D eigenvalue weighted by Crippen LogP contribution is 2.20. The van der Waals surface area contributed by atoms with Crippen molar-refractivity contribution in [3.8, 4) is 0 Å². The summed E-state index contributed by atoms with van der Waals surface area (Å²) in [6.07, 6.45) is -1.19. The molecule has 0 bridgehead atoms. The third-order valence-electron chi connectivity index (χ3n) is 3.73. The maximum Gasteiger partial charge on any atom is 0.254 e. The fraction of sp³-hybridized carbons (Fsp3) is 0.278. The molecule has 0 spiro atoms. The van der Waals surface area contributed by atoms with Crippen LogP contribution in [0.25, 0.3) is 0 Å². The van der Waals surface area contributed by atoms with Crippen LogP contribution in [0.15, 0.2) is 42.5 Å². The summed E-state index contributed by atoms with van der Waals surface area (Å²) in [6, 6.07) is 8.36. The molecule has 0 aliphatic rings. The van der Waals surface area contributed by atoms with Gasteiger partial charge in [-0.15, -0.1) is 0 Å². The molecule has 2 N–H and O–H groups in total. The predicted molar refractivity (Wildman–Crippen MR) is 84.3 cm³/mol. The van der Waals surface area contributed by atoms with Crippen molar-refractivity contribution in [1.82, 2.24) is 5.32 Å². The van der Waals surface area contributed by atoms with E-state index in [0.29, 0.717) is 11.1 Å². The highest BCUT2D eigenvalue weighted by atomic mass is 19.1. The van der Waals surface area contributed by atoms with Gasteiger partial charge in [0.1, 0.15) is 18.3 Å². The molecule has 1 amide bonds. The van der Waals surface area contributed by atoms with E-state index in [1.54, 1.807) is 13.0 Å². The summed E-state index contributed by atoms with van der Waals surface area (Å²) >= 11 is 0. The van der Waals surface area contributed by atoms with Crippen LogP contribution in [0.3, 0.4) is 0 Å².